The number of pyridine rings is 1. The highest BCUT2D eigenvalue weighted by molar-refractivity contribution is 5.94. The van der Waals surface area contributed by atoms with E-state index in [-0.39, 0.29) is 11.8 Å². The summed E-state index contributed by atoms with van der Waals surface area (Å²) in [6, 6.07) is 3.69. The second-order valence-electron chi connectivity index (χ2n) is 5.25. The molecule has 0 bridgehead atoms. The summed E-state index contributed by atoms with van der Waals surface area (Å²) in [5, 5.41) is 6.27. The fourth-order valence-corrected chi connectivity index (χ4v) is 2.60. The van der Waals surface area contributed by atoms with Gasteiger partial charge in [-0.3, -0.25) is 9.36 Å². The Kier molecular flexibility index (Phi) is 3.96. The molecule has 0 aromatic carbocycles. The van der Waals surface area contributed by atoms with Gasteiger partial charge in [0, 0.05) is 25.1 Å². The molecule has 1 fully saturated rings. The topological polar surface area (TPSA) is 71.8 Å². The molecule has 1 aliphatic rings. The zero-order chi connectivity index (χ0) is 14.7. The Bertz CT molecular complexity index is 630. The molecule has 2 aromatic rings. The highest BCUT2D eigenvalue weighted by atomic mass is 16.1. The normalized spacial score (nSPS) is 18.4. The van der Waals surface area contributed by atoms with E-state index >= 15 is 0 Å². The van der Waals surface area contributed by atoms with Crippen LogP contribution >= 0.6 is 0 Å². The van der Waals surface area contributed by atoms with Gasteiger partial charge >= 0.3 is 0 Å². The minimum Gasteiger partial charge on any atom is -0.323 e. The third kappa shape index (κ3) is 2.95. The minimum absolute atomic E-state index is 0.0238. The quantitative estimate of drug-likeness (QED) is 0.897. The number of anilines is 1. The predicted octanol–water partition coefficient (Wildman–Crippen LogP) is 1.51. The number of aryl methyl sites for hydroxylation is 1. The van der Waals surface area contributed by atoms with E-state index in [1.54, 1.807) is 12.4 Å². The van der Waals surface area contributed by atoms with Gasteiger partial charge in [-0.1, -0.05) is 0 Å². The van der Waals surface area contributed by atoms with Gasteiger partial charge in [-0.2, -0.15) is 0 Å². The lowest BCUT2D eigenvalue weighted by Crippen LogP contribution is -2.37. The molecule has 0 saturated carbocycles. The first-order chi connectivity index (χ1) is 10.3. The fraction of sp³-hybridized carbons (Fsp3) is 0.400. The number of piperidine rings is 1. The number of amides is 1. The van der Waals surface area contributed by atoms with Crippen LogP contribution in [0.5, 0.6) is 0 Å². The number of carbonyl (C=O) groups excluding carboxylic acids is 1. The van der Waals surface area contributed by atoms with Crippen molar-refractivity contribution in [2.45, 2.75) is 19.8 Å². The highest BCUT2D eigenvalue weighted by Gasteiger charge is 2.22. The van der Waals surface area contributed by atoms with Crippen LogP contribution in [0.1, 0.15) is 18.7 Å². The van der Waals surface area contributed by atoms with E-state index in [9.17, 15) is 4.79 Å². The van der Waals surface area contributed by atoms with Gasteiger partial charge in [-0.15, -0.1) is 0 Å². The Balaban J connectivity index is 1.82. The van der Waals surface area contributed by atoms with E-state index in [1.165, 1.54) is 0 Å². The van der Waals surface area contributed by atoms with Crippen LogP contribution in [0.4, 0.5) is 5.69 Å². The summed E-state index contributed by atoms with van der Waals surface area (Å²) in [7, 11) is 0. The molecule has 1 atom stereocenters. The zero-order valence-electron chi connectivity index (χ0n) is 12.0. The van der Waals surface area contributed by atoms with Crippen LogP contribution in [-0.4, -0.2) is 33.5 Å². The summed E-state index contributed by atoms with van der Waals surface area (Å²) in [5.74, 6) is 1.61. The minimum atomic E-state index is 0.0238. The van der Waals surface area contributed by atoms with Gasteiger partial charge in [0.1, 0.15) is 5.82 Å². The van der Waals surface area contributed by atoms with Crippen molar-refractivity contribution in [3.63, 3.8) is 0 Å². The number of imidazole rings is 1. The molecule has 0 radical (unpaired) electrons. The Morgan fingerprint density at radius 1 is 1.43 bits per heavy atom. The molecule has 3 heterocycles. The molecule has 0 spiro atoms. The van der Waals surface area contributed by atoms with Gasteiger partial charge in [0.2, 0.25) is 5.91 Å². The van der Waals surface area contributed by atoms with Gasteiger partial charge in [-0.25, -0.2) is 9.97 Å². The molecule has 1 amide bonds. The van der Waals surface area contributed by atoms with Crippen LogP contribution in [0, 0.1) is 12.8 Å². The Morgan fingerprint density at radius 2 is 2.33 bits per heavy atom. The molecule has 3 rings (SSSR count). The summed E-state index contributed by atoms with van der Waals surface area (Å²) in [5.41, 5.74) is 0.717. The molecule has 1 saturated heterocycles. The third-order valence-corrected chi connectivity index (χ3v) is 3.77. The van der Waals surface area contributed by atoms with E-state index in [4.69, 9.17) is 0 Å². The SMILES string of the molecule is Cc1nccn1-c1ncccc1NC(=O)[C@@H]1CCCNC1. The maximum atomic E-state index is 12.4. The number of rotatable bonds is 3. The van der Waals surface area contributed by atoms with Crippen molar-refractivity contribution in [1.82, 2.24) is 19.9 Å². The van der Waals surface area contributed by atoms with E-state index in [0.717, 1.165) is 31.8 Å². The highest BCUT2D eigenvalue weighted by Crippen LogP contribution is 2.20. The largest absolute Gasteiger partial charge is 0.323 e. The molecule has 0 unspecified atom stereocenters. The smallest absolute Gasteiger partial charge is 0.228 e. The van der Waals surface area contributed by atoms with Crippen molar-refractivity contribution >= 4 is 11.6 Å². The maximum Gasteiger partial charge on any atom is 0.228 e. The number of nitrogens with one attached hydrogen (secondary N) is 2. The van der Waals surface area contributed by atoms with Crippen molar-refractivity contribution in [3.05, 3.63) is 36.5 Å². The molecular weight excluding hydrogens is 266 g/mol. The zero-order valence-corrected chi connectivity index (χ0v) is 12.0. The average Bonchev–Trinajstić information content (AvgIpc) is 2.95. The summed E-state index contributed by atoms with van der Waals surface area (Å²) >= 11 is 0. The first-order valence-electron chi connectivity index (χ1n) is 7.22. The molecule has 2 N–H and O–H groups in total. The van der Waals surface area contributed by atoms with Crippen LogP contribution < -0.4 is 10.6 Å². The molecule has 0 aliphatic carbocycles. The number of hydrogen-bond acceptors (Lipinski definition) is 4. The monoisotopic (exact) mass is 285 g/mol. The molecule has 2 aromatic heterocycles. The summed E-state index contributed by atoms with van der Waals surface area (Å²) in [6.07, 6.45) is 7.25. The van der Waals surface area contributed by atoms with Gasteiger partial charge < -0.3 is 10.6 Å². The summed E-state index contributed by atoms with van der Waals surface area (Å²) < 4.78 is 1.87. The van der Waals surface area contributed by atoms with Crippen molar-refractivity contribution in [1.29, 1.82) is 0 Å². The van der Waals surface area contributed by atoms with Crippen LogP contribution in [-0.2, 0) is 4.79 Å². The molecule has 6 heteroatoms. The van der Waals surface area contributed by atoms with E-state index in [0.29, 0.717) is 11.5 Å². The van der Waals surface area contributed by atoms with Crippen LogP contribution in [0.2, 0.25) is 0 Å². The lowest BCUT2D eigenvalue weighted by Gasteiger charge is -2.22. The average molecular weight is 285 g/mol. The number of nitrogens with zero attached hydrogens (tertiary/aromatic N) is 3. The van der Waals surface area contributed by atoms with Crippen molar-refractivity contribution in [2.24, 2.45) is 5.92 Å². The fourth-order valence-electron chi connectivity index (χ4n) is 2.60. The van der Waals surface area contributed by atoms with Crippen molar-refractivity contribution in [3.8, 4) is 5.82 Å². The summed E-state index contributed by atoms with van der Waals surface area (Å²) in [4.78, 5) is 20.9. The second-order valence-corrected chi connectivity index (χ2v) is 5.25. The lowest BCUT2D eigenvalue weighted by molar-refractivity contribution is -0.120. The van der Waals surface area contributed by atoms with E-state index in [1.807, 2.05) is 29.8 Å². The van der Waals surface area contributed by atoms with Crippen LogP contribution in [0.25, 0.3) is 5.82 Å². The lowest BCUT2D eigenvalue weighted by atomic mass is 9.99. The van der Waals surface area contributed by atoms with Crippen molar-refractivity contribution in [2.75, 3.05) is 18.4 Å². The first kappa shape index (κ1) is 13.8. The number of hydrogen-bond donors (Lipinski definition) is 2. The predicted molar refractivity (Wildman–Crippen MR) is 80.3 cm³/mol. The van der Waals surface area contributed by atoms with Crippen molar-refractivity contribution < 1.29 is 4.79 Å². The second kappa shape index (κ2) is 6.05. The Morgan fingerprint density at radius 3 is 3.05 bits per heavy atom. The van der Waals surface area contributed by atoms with Gasteiger partial charge in [-0.05, 0) is 38.4 Å². The standard InChI is InChI=1S/C15H19N5O/c1-11-17-8-9-20(11)14-13(5-3-7-18-14)19-15(21)12-4-2-6-16-10-12/h3,5,7-9,12,16H,2,4,6,10H2,1H3,(H,19,21)/t12-/m1/s1. The van der Waals surface area contributed by atoms with E-state index in [2.05, 4.69) is 20.6 Å². The molecule has 21 heavy (non-hydrogen) atoms. The van der Waals surface area contributed by atoms with Gasteiger partial charge in [0.25, 0.3) is 0 Å². The third-order valence-electron chi connectivity index (χ3n) is 3.77. The first-order valence-corrected chi connectivity index (χ1v) is 7.22. The van der Waals surface area contributed by atoms with Gasteiger partial charge in [0.05, 0.1) is 11.6 Å². The molecule has 1 aliphatic heterocycles. The summed E-state index contributed by atoms with van der Waals surface area (Å²) in [6.45, 7) is 3.65. The number of aromatic nitrogens is 3. The maximum absolute atomic E-state index is 12.4. The Labute approximate surface area is 123 Å². The van der Waals surface area contributed by atoms with E-state index < -0.39 is 0 Å². The number of carbonyl (C=O) groups is 1. The van der Waals surface area contributed by atoms with Gasteiger partial charge in [0.15, 0.2) is 5.82 Å². The Hall–Kier alpha value is -2.21. The van der Waals surface area contributed by atoms with Crippen LogP contribution in [0.3, 0.4) is 0 Å². The molecule has 6 nitrogen and oxygen atoms in total. The van der Waals surface area contributed by atoms with Crippen LogP contribution in [0.15, 0.2) is 30.7 Å². The molecular formula is C15H19N5O. The molecule has 110 valence electrons.